The van der Waals surface area contributed by atoms with Gasteiger partial charge in [-0.05, 0) is 31.0 Å². The van der Waals surface area contributed by atoms with Crippen LogP contribution in [0.1, 0.15) is 23.2 Å². The third kappa shape index (κ3) is 2.94. The molecule has 0 radical (unpaired) electrons. The van der Waals surface area contributed by atoms with Gasteiger partial charge >= 0.3 is 5.97 Å². The molecule has 1 amide bonds. The van der Waals surface area contributed by atoms with Gasteiger partial charge in [-0.2, -0.15) is 0 Å². The number of ether oxygens (including phenoxy) is 1. The van der Waals surface area contributed by atoms with Gasteiger partial charge in [-0.15, -0.1) is 0 Å². The maximum absolute atomic E-state index is 13.2. The second-order valence-corrected chi connectivity index (χ2v) is 4.72. The standard InChI is InChI=1S/C13H15FN2O4/c14-8-1-2-9(11(17)18)10(7-8)16-12(19)13(15)3-5-20-6-4-13/h1-2,7H,3-6,15H2,(H,16,19)(H,17,18). The topological polar surface area (TPSA) is 102 Å². The van der Waals surface area contributed by atoms with E-state index in [1.807, 2.05) is 0 Å². The molecule has 0 spiro atoms. The van der Waals surface area contributed by atoms with Gasteiger partial charge in [0.1, 0.15) is 11.4 Å². The van der Waals surface area contributed by atoms with E-state index in [1.54, 1.807) is 0 Å². The number of benzene rings is 1. The van der Waals surface area contributed by atoms with Crippen molar-refractivity contribution in [3.63, 3.8) is 0 Å². The first-order valence-electron chi connectivity index (χ1n) is 6.13. The van der Waals surface area contributed by atoms with E-state index in [-0.39, 0.29) is 11.3 Å². The van der Waals surface area contributed by atoms with Gasteiger partial charge in [0.2, 0.25) is 5.91 Å². The van der Waals surface area contributed by atoms with Crippen LogP contribution in [0.5, 0.6) is 0 Å². The number of carboxylic acids is 1. The second kappa shape index (κ2) is 5.56. The maximum atomic E-state index is 13.2. The number of anilines is 1. The summed E-state index contributed by atoms with van der Waals surface area (Å²) in [6, 6.07) is 3.08. The Morgan fingerprint density at radius 2 is 2.00 bits per heavy atom. The van der Waals surface area contributed by atoms with Gasteiger partial charge in [0.25, 0.3) is 0 Å². The summed E-state index contributed by atoms with van der Waals surface area (Å²) in [5, 5.41) is 11.4. The molecule has 6 nitrogen and oxygen atoms in total. The summed E-state index contributed by atoms with van der Waals surface area (Å²) >= 11 is 0. The fourth-order valence-corrected chi connectivity index (χ4v) is 2.02. The Bertz CT molecular complexity index is 541. The molecule has 0 saturated carbocycles. The van der Waals surface area contributed by atoms with Gasteiger partial charge in [-0.1, -0.05) is 0 Å². The quantitative estimate of drug-likeness (QED) is 0.766. The average Bonchev–Trinajstić information content (AvgIpc) is 2.39. The van der Waals surface area contributed by atoms with Gasteiger partial charge < -0.3 is 20.9 Å². The highest BCUT2D eigenvalue weighted by atomic mass is 19.1. The molecule has 1 aliphatic rings. The number of amides is 1. The van der Waals surface area contributed by atoms with E-state index in [4.69, 9.17) is 15.6 Å². The van der Waals surface area contributed by atoms with E-state index in [9.17, 15) is 14.0 Å². The zero-order valence-electron chi connectivity index (χ0n) is 10.7. The van der Waals surface area contributed by atoms with Crippen molar-refractivity contribution in [3.8, 4) is 0 Å². The van der Waals surface area contributed by atoms with E-state index in [1.165, 1.54) is 0 Å². The second-order valence-electron chi connectivity index (χ2n) is 4.72. The molecule has 0 atom stereocenters. The number of carbonyl (C=O) groups is 2. The highest BCUT2D eigenvalue weighted by Gasteiger charge is 2.36. The molecule has 108 valence electrons. The smallest absolute Gasteiger partial charge is 0.337 e. The van der Waals surface area contributed by atoms with Crippen molar-refractivity contribution in [1.82, 2.24) is 0 Å². The number of hydrogen-bond acceptors (Lipinski definition) is 4. The number of rotatable bonds is 3. The number of nitrogens with two attached hydrogens (primary N) is 1. The van der Waals surface area contributed by atoms with Crippen LogP contribution in [-0.2, 0) is 9.53 Å². The predicted molar refractivity (Wildman–Crippen MR) is 69.0 cm³/mol. The van der Waals surface area contributed by atoms with Crippen LogP contribution in [0, 0.1) is 5.82 Å². The van der Waals surface area contributed by atoms with Crippen molar-refractivity contribution < 1.29 is 23.8 Å². The Morgan fingerprint density at radius 1 is 1.35 bits per heavy atom. The summed E-state index contributed by atoms with van der Waals surface area (Å²) in [5.74, 6) is -2.42. The summed E-state index contributed by atoms with van der Waals surface area (Å²) in [5.41, 5.74) is 4.57. The van der Waals surface area contributed by atoms with Crippen LogP contribution in [-0.4, -0.2) is 35.7 Å². The monoisotopic (exact) mass is 282 g/mol. The minimum atomic E-state index is -1.25. The first-order valence-corrected chi connectivity index (χ1v) is 6.13. The number of carboxylic acid groups (broad SMARTS) is 1. The minimum absolute atomic E-state index is 0.0983. The molecule has 1 aromatic rings. The predicted octanol–water partition coefficient (Wildman–Crippen LogP) is 0.970. The van der Waals surface area contributed by atoms with Crippen LogP contribution in [0.25, 0.3) is 0 Å². The number of carbonyl (C=O) groups excluding carboxylic acids is 1. The zero-order chi connectivity index (χ0) is 14.8. The largest absolute Gasteiger partial charge is 0.478 e. The lowest BCUT2D eigenvalue weighted by molar-refractivity contribution is -0.124. The van der Waals surface area contributed by atoms with Crippen molar-refractivity contribution in [1.29, 1.82) is 0 Å². The van der Waals surface area contributed by atoms with E-state index < -0.39 is 23.2 Å². The molecular weight excluding hydrogens is 267 g/mol. The van der Waals surface area contributed by atoms with Gasteiger partial charge in [0.15, 0.2) is 0 Å². The molecular formula is C13H15FN2O4. The van der Waals surface area contributed by atoms with Crippen LogP contribution >= 0.6 is 0 Å². The third-order valence-corrected chi connectivity index (χ3v) is 3.30. The molecule has 0 bridgehead atoms. The third-order valence-electron chi connectivity index (χ3n) is 3.30. The Kier molecular flexibility index (Phi) is 4.01. The summed E-state index contributed by atoms with van der Waals surface area (Å²) in [6.07, 6.45) is 0.660. The van der Waals surface area contributed by atoms with Crippen LogP contribution in [0.3, 0.4) is 0 Å². The van der Waals surface area contributed by atoms with Crippen molar-refractivity contribution in [3.05, 3.63) is 29.6 Å². The Morgan fingerprint density at radius 3 is 2.60 bits per heavy atom. The molecule has 0 unspecified atom stereocenters. The van der Waals surface area contributed by atoms with Crippen molar-refractivity contribution in [2.75, 3.05) is 18.5 Å². The van der Waals surface area contributed by atoms with Crippen LogP contribution < -0.4 is 11.1 Å². The molecule has 2 rings (SSSR count). The van der Waals surface area contributed by atoms with Crippen LogP contribution in [0.4, 0.5) is 10.1 Å². The summed E-state index contributed by atoms with van der Waals surface area (Å²) in [6.45, 7) is 0.720. The van der Waals surface area contributed by atoms with Gasteiger partial charge in [0.05, 0.1) is 11.3 Å². The molecule has 7 heteroatoms. The Balaban J connectivity index is 2.23. The van der Waals surface area contributed by atoms with E-state index in [0.29, 0.717) is 26.1 Å². The fraction of sp³-hybridized carbons (Fsp3) is 0.385. The zero-order valence-corrected chi connectivity index (χ0v) is 10.7. The van der Waals surface area contributed by atoms with E-state index in [0.717, 1.165) is 18.2 Å². The lowest BCUT2D eigenvalue weighted by atomic mass is 9.90. The number of halogens is 1. The summed E-state index contributed by atoms with van der Waals surface area (Å²) in [7, 11) is 0. The lowest BCUT2D eigenvalue weighted by Gasteiger charge is -2.31. The molecule has 4 N–H and O–H groups in total. The van der Waals surface area contributed by atoms with Gasteiger partial charge in [0, 0.05) is 13.2 Å². The van der Waals surface area contributed by atoms with Crippen molar-refractivity contribution >= 4 is 17.6 Å². The molecule has 1 aliphatic heterocycles. The molecule has 1 saturated heterocycles. The maximum Gasteiger partial charge on any atom is 0.337 e. The molecule has 1 heterocycles. The first kappa shape index (κ1) is 14.4. The van der Waals surface area contributed by atoms with E-state index >= 15 is 0 Å². The number of hydrogen-bond donors (Lipinski definition) is 3. The highest BCUT2D eigenvalue weighted by Crippen LogP contribution is 2.23. The lowest BCUT2D eigenvalue weighted by Crippen LogP contribution is -2.54. The van der Waals surface area contributed by atoms with Crippen LogP contribution in [0.15, 0.2) is 18.2 Å². The molecule has 0 aromatic heterocycles. The Labute approximate surface area is 114 Å². The molecule has 1 fully saturated rings. The van der Waals surface area contributed by atoms with Crippen molar-refractivity contribution in [2.24, 2.45) is 5.73 Å². The number of aromatic carboxylic acids is 1. The van der Waals surface area contributed by atoms with Gasteiger partial charge in [-0.3, -0.25) is 4.79 Å². The van der Waals surface area contributed by atoms with E-state index in [2.05, 4.69) is 5.32 Å². The fourth-order valence-electron chi connectivity index (χ4n) is 2.02. The summed E-state index contributed by atoms with van der Waals surface area (Å²) in [4.78, 5) is 23.2. The highest BCUT2D eigenvalue weighted by molar-refractivity contribution is 6.03. The average molecular weight is 282 g/mol. The van der Waals surface area contributed by atoms with Crippen molar-refractivity contribution in [2.45, 2.75) is 18.4 Å². The Hall–Kier alpha value is -1.99. The SMILES string of the molecule is NC1(C(=O)Nc2cc(F)ccc2C(=O)O)CCOCC1. The minimum Gasteiger partial charge on any atom is -0.478 e. The normalized spacial score (nSPS) is 17.5. The van der Waals surface area contributed by atoms with Crippen LogP contribution in [0.2, 0.25) is 0 Å². The number of nitrogens with one attached hydrogen (secondary N) is 1. The first-order chi connectivity index (χ1) is 9.42. The molecule has 20 heavy (non-hydrogen) atoms. The summed E-state index contributed by atoms with van der Waals surface area (Å²) < 4.78 is 18.3. The molecule has 1 aromatic carbocycles. The van der Waals surface area contributed by atoms with Gasteiger partial charge in [-0.25, -0.2) is 9.18 Å². The molecule has 0 aliphatic carbocycles.